The second kappa shape index (κ2) is 11.5. The zero-order chi connectivity index (χ0) is 25.7. The molecule has 2 heterocycles. The number of benzene rings is 2. The number of anilines is 1. The molecule has 1 aromatic heterocycles. The van der Waals surface area contributed by atoms with E-state index in [1.165, 1.54) is 6.07 Å². The van der Waals surface area contributed by atoms with Crippen molar-refractivity contribution in [1.82, 2.24) is 20.0 Å². The maximum absolute atomic E-state index is 14.0. The largest absolute Gasteiger partial charge is 0.477 e. The van der Waals surface area contributed by atoms with Crippen LogP contribution in [0.1, 0.15) is 24.0 Å². The number of hydrogen-bond acceptors (Lipinski definition) is 5. The smallest absolute Gasteiger partial charge is 0.320 e. The van der Waals surface area contributed by atoms with Gasteiger partial charge in [-0.05, 0) is 43.7 Å². The Hall–Kier alpha value is -3.50. The lowest BCUT2D eigenvalue weighted by atomic mass is 9.94. The predicted octanol–water partition coefficient (Wildman–Crippen LogP) is 4.09. The number of rotatable bonds is 9. The molecule has 2 atom stereocenters. The molecule has 2 aromatic carbocycles. The molecule has 3 aromatic rings. The fourth-order valence-corrected chi connectivity index (χ4v) is 4.48. The normalized spacial score (nSPS) is 17.8. The SMILES string of the molecule is CCOc1nn(-c2ccccc2)c(NC(=O)N[C@H]2CN(CCOC)C[C@@H]2c2ccc(F)c(F)c2)c1C. The molecule has 36 heavy (non-hydrogen) atoms. The number of hydrogen-bond donors (Lipinski definition) is 2. The number of halogens is 2. The molecule has 1 aliphatic rings. The lowest BCUT2D eigenvalue weighted by molar-refractivity contribution is 0.159. The first-order valence-electron chi connectivity index (χ1n) is 11.9. The third-order valence-electron chi connectivity index (χ3n) is 6.29. The zero-order valence-corrected chi connectivity index (χ0v) is 20.6. The zero-order valence-electron chi connectivity index (χ0n) is 20.6. The van der Waals surface area contributed by atoms with Gasteiger partial charge in [-0.1, -0.05) is 24.3 Å². The molecule has 2 amide bonds. The molecular weight excluding hydrogens is 468 g/mol. The molecule has 4 rings (SSSR count). The van der Waals surface area contributed by atoms with Crippen molar-refractivity contribution >= 4 is 11.8 Å². The molecule has 0 aliphatic carbocycles. The molecular formula is C26H31F2N5O3. The summed E-state index contributed by atoms with van der Waals surface area (Å²) in [5.74, 6) is -1.10. The number of carbonyl (C=O) groups excluding carboxylic acids is 1. The molecule has 0 unspecified atom stereocenters. The van der Waals surface area contributed by atoms with Crippen LogP contribution in [0.4, 0.5) is 19.4 Å². The van der Waals surface area contributed by atoms with Crippen molar-refractivity contribution in [3.05, 3.63) is 71.3 Å². The summed E-state index contributed by atoms with van der Waals surface area (Å²) in [7, 11) is 1.63. The summed E-state index contributed by atoms with van der Waals surface area (Å²) in [6.07, 6.45) is 0. The number of para-hydroxylation sites is 1. The van der Waals surface area contributed by atoms with Crippen molar-refractivity contribution in [3.8, 4) is 11.6 Å². The Bertz CT molecular complexity index is 1190. The Balaban J connectivity index is 1.56. The molecule has 1 saturated heterocycles. The van der Waals surface area contributed by atoms with Gasteiger partial charge in [0.05, 0.1) is 30.5 Å². The van der Waals surface area contributed by atoms with E-state index < -0.39 is 17.7 Å². The number of urea groups is 1. The van der Waals surface area contributed by atoms with Crippen LogP contribution < -0.4 is 15.4 Å². The molecule has 1 aliphatic heterocycles. The van der Waals surface area contributed by atoms with Gasteiger partial charge in [0.25, 0.3) is 0 Å². The van der Waals surface area contributed by atoms with Crippen LogP contribution in [0.3, 0.4) is 0 Å². The number of aromatic nitrogens is 2. The maximum Gasteiger partial charge on any atom is 0.320 e. The first-order chi connectivity index (χ1) is 17.4. The number of ether oxygens (including phenoxy) is 2. The molecule has 8 nitrogen and oxygen atoms in total. The lowest BCUT2D eigenvalue weighted by Crippen LogP contribution is -2.42. The molecule has 0 saturated carbocycles. The van der Waals surface area contributed by atoms with Crippen molar-refractivity contribution in [2.75, 3.05) is 45.3 Å². The highest BCUT2D eigenvalue weighted by atomic mass is 19.2. The third-order valence-corrected chi connectivity index (χ3v) is 6.29. The van der Waals surface area contributed by atoms with Crippen LogP contribution in [0, 0.1) is 18.6 Å². The topological polar surface area (TPSA) is 80.6 Å². The van der Waals surface area contributed by atoms with Gasteiger partial charge in [-0.3, -0.25) is 10.2 Å². The molecule has 0 bridgehead atoms. The summed E-state index contributed by atoms with van der Waals surface area (Å²) in [6, 6.07) is 12.6. The second-order valence-corrected chi connectivity index (χ2v) is 8.70. The third kappa shape index (κ3) is 5.66. The average molecular weight is 500 g/mol. The highest BCUT2D eigenvalue weighted by Crippen LogP contribution is 2.30. The molecule has 0 spiro atoms. The Kier molecular flexibility index (Phi) is 8.17. The quantitative estimate of drug-likeness (QED) is 0.464. The second-order valence-electron chi connectivity index (χ2n) is 8.70. The number of amides is 2. The van der Waals surface area contributed by atoms with E-state index >= 15 is 0 Å². The minimum absolute atomic E-state index is 0.221. The number of methoxy groups -OCH3 is 1. The number of nitrogens with one attached hydrogen (secondary N) is 2. The van der Waals surface area contributed by atoms with Crippen molar-refractivity contribution in [3.63, 3.8) is 0 Å². The molecule has 192 valence electrons. The lowest BCUT2D eigenvalue weighted by Gasteiger charge is -2.21. The fourth-order valence-electron chi connectivity index (χ4n) is 4.48. The first-order valence-corrected chi connectivity index (χ1v) is 11.9. The summed E-state index contributed by atoms with van der Waals surface area (Å²) < 4.78 is 40.0. The summed E-state index contributed by atoms with van der Waals surface area (Å²) in [6.45, 7) is 6.45. The van der Waals surface area contributed by atoms with Gasteiger partial charge in [-0.15, -0.1) is 5.10 Å². The van der Waals surface area contributed by atoms with E-state index in [9.17, 15) is 13.6 Å². The van der Waals surface area contributed by atoms with Crippen LogP contribution in [-0.2, 0) is 4.74 Å². The van der Waals surface area contributed by atoms with E-state index in [-0.39, 0.29) is 12.0 Å². The number of carbonyl (C=O) groups is 1. The van der Waals surface area contributed by atoms with Crippen LogP contribution in [0.5, 0.6) is 5.88 Å². The highest BCUT2D eigenvalue weighted by molar-refractivity contribution is 5.90. The predicted molar refractivity (Wildman–Crippen MR) is 133 cm³/mol. The summed E-state index contributed by atoms with van der Waals surface area (Å²) >= 11 is 0. The molecule has 1 fully saturated rings. The van der Waals surface area contributed by atoms with Crippen molar-refractivity contribution in [1.29, 1.82) is 0 Å². The summed E-state index contributed by atoms with van der Waals surface area (Å²) in [4.78, 5) is 15.3. The van der Waals surface area contributed by atoms with E-state index in [0.717, 1.165) is 11.8 Å². The van der Waals surface area contributed by atoms with Crippen molar-refractivity contribution in [2.45, 2.75) is 25.8 Å². The average Bonchev–Trinajstić information content (AvgIpc) is 3.41. The molecule has 0 radical (unpaired) electrons. The van der Waals surface area contributed by atoms with E-state index in [1.54, 1.807) is 17.9 Å². The van der Waals surface area contributed by atoms with Crippen molar-refractivity contribution in [2.24, 2.45) is 0 Å². The minimum Gasteiger partial charge on any atom is -0.477 e. The van der Waals surface area contributed by atoms with Crippen LogP contribution in [0.2, 0.25) is 0 Å². The Morgan fingerprint density at radius 3 is 2.61 bits per heavy atom. The molecule has 2 N–H and O–H groups in total. The maximum atomic E-state index is 14.0. The van der Waals surface area contributed by atoms with Gasteiger partial charge in [0.1, 0.15) is 5.82 Å². The van der Waals surface area contributed by atoms with Gasteiger partial charge in [-0.2, -0.15) is 0 Å². The van der Waals surface area contributed by atoms with Gasteiger partial charge >= 0.3 is 6.03 Å². The van der Waals surface area contributed by atoms with Gasteiger partial charge < -0.3 is 14.8 Å². The Morgan fingerprint density at radius 2 is 1.92 bits per heavy atom. The van der Waals surface area contributed by atoms with E-state index in [0.29, 0.717) is 55.7 Å². The summed E-state index contributed by atoms with van der Waals surface area (Å²) in [5.41, 5.74) is 2.09. The monoisotopic (exact) mass is 499 g/mol. The van der Waals surface area contributed by atoms with E-state index in [2.05, 4.69) is 20.6 Å². The van der Waals surface area contributed by atoms with Gasteiger partial charge in [0.2, 0.25) is 5.88 Å². The standard InChI is InChI=1S/C26H31F2N5O3/c1-4-36-25-17(2)24(33(31-25)19-8-6-5-7-9-19)30-26(34)29-23-16-32(12-13-35-3)15-20(23)18-10-11-21(27)22(28)14-18/h5-11,14,20,23H,4,12-13,15-16H2,1-3H3,(H2,29,30,34)/t20-,23+/m1/s1. The van der Waals surface area contributed by atoms with E-state index in [4.69, 9.17) is 9.47 Å². The minimum atomic E-state index is -0.906. The molecule has 10 heteroatoms. The highest BCUT2D eigenvalue weighted by Gasteiger charge is 2.35. The van der Waals surface area contributed by atoms with Crippen LogP contribution in [0.25, 0.3) is 5.69 Å². The van der Waals surface area contributed by atoms with E-state index in [1.807, 2.05) is 44.2 Å². The van der Waals surface area contributed by atoms with Gasteiger partial charge in [-0.25, -0.2) is 18.3 Å². The summed E-state index contributed by atoms with van der Waals surface area (Å²) in [5, 5.41) is 10.5. The number of nitrogens with zero attached hydrogens (tertiary/aromatic N) is 3. The van der Waals surface area contributed by atoms with Gasteiger partial charge in [0, 0.05) is 32.7 Å². The Labute approximate surface area is 209 Å². The van der Waals surface area contributed by atoms with Crippen LogP contribution >= 0.6 is 0 Å². The number of likely N-dealkylation sites (tertiary alicyclic amines) is 1. The van der Waals surface area contributed by atoms with Crippen molar-refractivity contribution < 1.29 is 23.0 Å². The van der Waals surface area contributed by atoms with Crippen LogP contribution in [-0.4, -0.2) is 66.7 Å². The van der Waals surface area contributed by atoms with Crippen LogP contribution in [0.15, 0.2) is 48.5 Å². The Morgan fingerprint density at radius 1 is 1.14 bits per heavy atom. The van der Waals surface area contributed by atoms with Gasteiger partial charge in [0.15, 0.2) is 11.6 Å². The first kappa shape index (κ1) is 25.6. The fraction of sp³-hybridized carbons (Fsp3) is 0.385.